The topological polar surface area (TPSA) is 98.8 Å². The highest BCUT2D eigenvalue weighted by Gasteiger charge is 2.17. The SMILES string of the molecule is CCOC(=O)/C=C/C(=O)O[C@@H](C)C(=O)Nc1ccc(C(C)=O)cc1. The lowest BCUT2D eigenvalue weighted by Crippen LogP contribution is -2.29. The molecular weight excluding hydrogens is 314 g/mol. The maximum absolute atomic E-state index is 11.9. The van der Waals surface area contributed by atoms with Gasteiger partial charge in [-0.05, 0) is 45.0 Å². The molecule has 0 spiro atoms. The van der Waals surface area contributed by atoms with Gasteiger partial charge in [0, 0.05) is 23.4 Å². The second-order valence-corrected chi connectivity index (χ2v) is 4.79. The van der Waals surface area contributed by atoms with E-state index in [-0.39, 0.29) is 12.4 Å². The molecule has 0 fully saturated rings. The zero-order chi connectivity index (χ0) is 18.1. The number of amides is 1. The fourth-order valence-electron chi connectivity index (χ4n) is 1.63. The summed E-state index contributed by atoms with van der Waals surface area (Å²) in [5.74, 6) is -2.12. The van der Waals surface area contributed by atoms with Gasteiger partial charge < -0.3 is 14.8 Å². The standard InChI is InChI=1S/C17H19NO6/c1-4-23-15(20)9-10-16(21)24-12(3)17(22)18-14-7-5-13(6-8-14)11(2)19/h5-10,12H,4H2,1-3H3,(H,18,22)/b10-9+/t12-/m0/s1. The van der Waals surface area contributed by atoms with E-state index in [9.17, 15) is 19.2 Å². The van der Waals surface area contributed by atoms with Crippen LogP contribution in [0.2, 0.25) is 0 Å². The van der Waals surface area contributed by atoms with Crippen molar-refractivity contribution >= 4 is 29.3 Å². The molecule has 0 saturated heterocycles. The Balaban J connectivity index is 2.53. The minimum atomic E-state index is -1.06. The van der Waals surface area contributed by atoms with Crippen molar-refractivity contribution in [1.82, 2.24) is 0 Å². The molecule has 24 heavy (non-hydrogen) atoms. The van der Waals surface area contributed by atoms with E-state index in [1.807, 2.05) is 0 Å². The van der Waals surface area contributed by atoms with Crippen LogP contribution in [0.4, 0.5) is 5.69 Å². The third kappa shape index (κ3) is 6.43. The smallest absolute Gasteiger partial charge is 0.331 e. The lowest BCUT2D eigenvalue weighted by molar-refractivity contribution is -0.148. The summed E-state index contributed by atoms with van der Waals surface area (Å²) in [7, 11) is 0. The predicted octanol–water partition coefficient (Wildman–Crippen LogP) is 1.88. The van der Waals surface area contributed by atoms with Crippen molar-refractivity contribution in [3.63, 3.8) is 0 Å². The lowest BCUT2D eigenvalue weighted by Gasteiger charge is -2.12. The molecule has 7 nitrogen and oxygen atoms in total. The molecule has 128 valence electrons. The first-order valence-corrected chi connectivity index (χ1v) is 7.30. The summed E-state index contributed by atoms with van der Waals surface area (Å²) in [5, 5.41) is 2.56. The predicted molar refractivity (Wildman–Crippen MR) is 86.4 cm³/mol. The minimum Gasteiger partial charge on any atom is -0.463 e. The molecule has 1 aromatic carbocycles. The van der Waals surface area contributed by atoms with Gasteiger partial charge in [0.1, 0.15) is 0 Å². The fourth-order valence-corrected chi connectivity index (χ4v) is 1.63. The molecule has 1 rings (SSSR count). The third-order valence-corrected chi connectivity index (χ3v) is 2.86. The number of ether oxygens (including phenoxy) is 2. The van der Waals surface area contributed by atoms with Crippen molar-refractivity contribution in [3.05, 3.63) is 42.0 Å². The van der Waals surface area contributed by atoms with Crippen LogP contribution >= 0.6 is 0 Å². The molecule has 7 heteroatoms. The molecule has 0 unspecified atom stereocenters. The highest BCUT2D eigenvalue weighted by Crippen LogP contribution is 2.11. The van der Waals surface area contributed by atoms with Crippen LogP contribution in [0.5, 0.6) is 0 Å². The second-order valence-electron chi connectivity index (χ2n) is 4.79. The summed E-state index contributed by atoms with van der Waals surface area (Å²) >= 11 is 0. The number of benzene rings is 1. The Morgan fingerprint density at radius 1 is 1.08 bits per heavy atom. The number of Topliss-reactive ketones (excluding diaryl/α,β-unsaturated/α-hetero) is 1. The molecule has 0 aromatic heterocycles. The summed E-state index contributed by atoms with van der Waals surface area (Å²) in [6.07, 6.45) is 0.761. The Bertz CT molecular complexity index is 648. The molecule has 0 heterocycles. The van der Waals surface area contributed by atoms with Crippen LogP contribution in [0.25, 0.3) is 0 Å². The van der Waals surface area contributed by atoms with Gasteiger partial charge in [-0.3, -0.25) is 9.59 Å². The van der Waals surface area contributed by atoms with Crippen molar-refractivity contribution in [2.75, 3.05) is 11.9 Å². The van der Waals surface area contributed by atoms with Crippen LogP contribution in [-0.2, 0) is 23.9 Å². The number of rotatable bonds is 7. The maximum Gasteiger partial charge on any atom is 0.331 e. The molecular formula is C17H19NO6. The Morgan fingerprint density at radius 2 is 1.67 bits per heavy atom. The molecule has 1 atom stereocenters. The number of anilines is 1. The number of carbonyl (C=O) groups is 4. The first-order valence-electron chi connectivity index (χ1n) is 7.30. The molecule has 1 amide bonds. The van der Waals surface area contributed by atoms with Gasteiger partial charge in [-0.15, -0.1) is 0 Å². The van der Waals surface area contributed by atoms with E-state index in [0.717, 1.165) is 12.2 Å². The summed E-state index contributed by atoms with van der Waals surface area (Å²) in [6, 6.07) is 6.31. The van der Waals surface area contributed by atoms with E-state index in [2.05, 4.69) is 10.1 Å². The molecule has 0 aliphatic heterocycles. The normalized spacial score (nSPS) is 11.6. The quantitative estimate of drug-likeness (QED) is 0.465. The number of hydrogen-bond donors (Lipinski definition) is 1. The second kappa shape index (κ2) is 9.24. The van der Waals surface area contributed by atoms with Crippen LogP contribution in [0.15, 0.2) is 36.4 Å². The summed E-state index contributed by atoms with van der Waals surface area (Å²) in [6.45, 7) is 4.67. The summed E-state index contributed by atoms with van der Waals surface area (Å²) in [4.78, 5) is 45.7. The Morgan fingerprint density at radius 3 is 2.21 bits per heavy atom. The Labute approximate surface area is 139 Å². The van der Waals surface area contributed by atoms with Gasteiger partial charge in [-0.2, -0.15) is 0 Å². The molecule has 1 aromatic rings. The van der Waals surface area contributed by atoms with Crippen LogP contribution in [0, 0.1) is 0 Å². The largest absolute Gasteiger partial charge is 0.463 e. The Kier molecular flexibility index (Phi) is 7.35. The highest BCUT2D eigenvalue weighted by atomic mass is 16.5. The molecule has 1 N–H and O–H groups in total. The first kappa shape index (κ1) is 19.1. The van der Waals surface area contributed by atoms with Crippen molar-refractivity contribution in [3.8, 4) is 0 Å². The number of nitrogens with one attached hydrogen (secondary N) is 1. The molecule has 0 aliphatic carbocycles. The summed E-state index contributed by atoms with van der Waals surface area (Å²) in [5.41, 5.74) is 0.992. The van der Waals surface area contributed by atoms with Crippen LogP contribution in [0.3, 0.4) is 0 Å². The zero-order valence-electron chi connectivity index (χ0n) is 13.7. The molecule has 0 bridgehead atoms. The van der Waals surface area contributed by atoms with E-state index < -0.39 is 23.9 Å². The van der Waals surface area contributed by atoms with Crippen molar-refractivity contribution in [1.29, 1.82) is 0 Å². The first-order chi connectivity index (χ1) is 11.3. The van der Waals surface area contributed by atoms with E-state index in [4.69, 9.17) is 4.74 Å². The minimum absolute atomic E-state index is 0.0800. The van der Waals surface area contributed by atoms with Crippen LogP contribution in [0.1, 0.15) is 31.1 Å². The van der Waals surface area contributed by atoms with Gasteiger partial charge in [0.15, 0.2) is 11.9 Å². The monoisotopic (exact) mass is 333 g/mol. The van der Waals surface area contributed by atoms with E-state index >= 15 is 0 Å². The fraction of sp³-hybridized carbons (Fsp3) is 0.294. The van der Waals surface area contributed by atoms with Crippen molar-refractivity contribution < 1.29 is 28.7 Å². The third-order valence-electron chi connectivity index (χ3n) is 2.86. The van der Waals surface area contributed by atoms with Gasteiger partial charge in [0.05, 0.1) is 6.61 Å². The van der Waals surface area contributed by atoms with Gasteiger partial charge in [0.2, 0.25) is 0 Å². The van der Waals surface area contributed by atoms with E-state index in [1.165, 1.54) is 13.8 Å². The average molecular weight is 333 g/mol. The van der Waals surface area contributed by atoms with Gasteiger partial charge >= 0.3 is 11.9 Å². The van der Waals surface area contributed by atoms with Gasteiger partial charge in [-0.25, -0.2) is 9.59 Å². The Hall–Kier alpha value is -2.96. The summed E-state index contributed by atoms with van der Waals surface area (Å²) < 4.78 is 9.49. The van der Waals surface area contributed by atoms with Crippen molar-refractivity contribution in [2.45, 2.75) is 26.9 Å². The molecule has 0 aliphatic rings. The van der Waals surface area contributed by atoms with Crippen molar-refractivity contribution in [2.24, 2.45) is 0 Å². The van der Waals surface area contributed by atoms with Crippen LogP contribution in [-0.4, -0.2) is 36.3 Å². The van der Waals surface area contributed by atoms with E-state index in [0.29, 0.717) is 11.3 Å². The maximum atomic E-state index is 11.9. The van der Waals surface area contributed by atoms with Crippen LogP contribution < -0.4 is 5.32 Å². The average Bonchev–Trinajstić information content (AvgIpc) is 2.53. The zero-order valence-corrected chi connectivity index (χ0v) is 13.7. The number of esters is 2. The van der Waals surface area contributed by atoms with E-state index in [1.54, 1.807) is 31.2 Å². The molecule has 0 radical (unpaired) electrons. The lowest BCUT2D eigenvalue weighted by atomic mass is 10.1. The number of ketones is 1. The van der Waals surface area contributed by atoms with Gasteiger partial charge in [-0.1, -0.05) is 0 Å². The number of carbonyl (C=O) groups excluding carboxylic acids is 4. The molecule has 0 saturated carbocycles. The number of hydrogen-bond acceptors (Lipinski definition) is 6. The highest BCUT2D eigenvalue weighted by molar-refractivity contribution is 5.98. The van der Waals surface area contributed by atoms with Gasteiger partial charge in [0.25, 0.3) is 5.91 Å².